The van der Waals surface area contributed by atoms with Gasteiger partial charge >= 0.3 is 0 Å². The molecular weight excluding hydrogens is 470 g/mol. The second kappa shape index (κ2) is 9.60. The van der Waals surface area contributed by atoms with Gasteiger partial charge in [0.15, 0.2) is 0 Å². The van der Waals surface area contributed by atoms with Crippen molar-refractivity contribution >= 4 is 28.3 Å². The van der Waals surface area contributed by atoms with Gasteiger partial charge in [-0.25, -0.2) is 9.97 Å². The summed E-state index contributed by atoms with van der Waals surface area (Å²) >= 11 is 0. The van der Waals surface area contributed by atoms with Crippen LogP contribution in [0.15, 0.2) is 42.6 Å². The van der Waals surface area contributed by atoms with Crippen molar-refractivity contribution in [3.05, 3.63) is 54.1 Å². The second-order valence-corrected chi connectivity index (χ2v) is 10.4. The van der Waals surface area contributed by atoms with Crippen LogP contribution in [0.3, 0.4) is 0 Å². The Morgan fingerprint density at radius 2 is 1.97 bits per heavy atom. The first kappa shape index (κ1) is 24.9. The Bertz CT molecular complexity index is 1450. The van der Waals surface area contributed by atoms with Crippen LogP contribution in [-0.4, -0.2) is 65.2 Å². The number of β-amino-alcohol motifs (C(OH)–C–C–N with tert-alkyl or cyclic N) is 1. The lowest BCUT2D eigenvalue weighted by Gasteiger charge is -2.22. The standard InChI is InChI=1S/C27H33N7O3/c1-27(2,37)11-8-25-29-21-15-24(34-13-9-17(35)16-34)22(14-23(21)33(25)4)30-26(36)20-7-5-6-18(28-20)19-10-12-32(3)31-19/h5-7,10,12,14-15,17,35,37H,8-9,11,13,16H2,1-4H3,(H,30,36). The molecule has 1 fully saturated rings. The van der Waals surface area contributed by atoms with Crippen LogP contribution in [0.4, 0.5) is 11.4 Å². The Morgan fingerprint density at radius 1 is 1.16 bits per heavy atom. The third kappa shape index (κ3) is 5.35. The summed E-state index contributed by atoms with van der Waals surface area (Å²) in [7, 11) is 3.78. The predicted molar refractivity (Wildman–Crippen MR) is 143 cm³/mol. The number of benzene rings is 1. The highest BCUT2D eigenvalue weighted by Gasteiger charge is 2.25. The van der Waals surface area contributed by atoms with Crippen LogP contribution in [0.25, 0.3) is 22.4 Å². The number of aromatic nitrogens is 5. The number of amides is 1. The van der Waals surface area contributed by atoms with Gasteiger partial charge in [-0.15, -0.1) is 0 Å². The van der Waals surface area contributed by atoms with E-state index in [0.29, 0.717) is 49.4 Å². The molecule has 0 aliphatic carbocycles. The van der Waals surface area contributed by atoms with Crippen LogP contribution >= 0.6 is 0 Å². The second-order valence-electron chi connectivity index (χ2n) is 10.4. The maximum atomic E-state index is 13.4. The van der Waals surface area contributed by atoms with E-state index in [4.69, 9.17) is 4.98 Å². The number of carbonyl (C=O) groups is 1. The predicted octanol–water partition coefficient (Wildman–Crippen LogP) is 2.90. The van der Waals surface area contributed by atoms with Crippen molar-refractivity contribution in [3.63, 3.8) is 0 Å². The zero-order valence-corrected chi connectivity index (χ0v) is 21.6. The normalized spacial score (nSPS) is 16.1. The number of aliphatic hydroxyl groups excluding tert-OH is 1. The van der Waals surface area contributed by atoms with E-state index in [1.165, 1.54) is 0 Å². The van der Waals surface area contributed by atoms with E-state index in [9.17, 15) is 15.0 Å². The minimum Gasteiger partial charge on any atom is -0.391 e. The number of fused-ring (bicyclic) bond motifs is 1. The lowest BCUT2D eigenvalue weighted by molar-refractivity contribution is 0.0706. The average Bonchev–Trinajstić information content (AvgIpc) is 3.56. The van der Waals surface area contributed by atoms with E-state index in [0.717, 1.165) is 22.5 Å². The molecule has 1 amide bonds. The number of hydrogen-bond acceptors (Lipinski definition) is 7. The molecule has 1 aromatic carbocycles. The van der Waals surface area contributed by atoms with Gasteiger partial charge < -0.3 is 25.0 Å². The summed E-state index contributed by atoms with van der Waals surface area (Å²) in [6.45, 7) is 4.75. The summed E-state index contributed by atoms with van der Waals surface area (Å²) in [5, 5.41) is 27.8. The lowest BCUT2D eigenvalue weighted by atomic mass is 10.0. The van der Waals surface area contributed by atoms with Crippen LogP contribution in [0.5, 0.6) is 0 Å². The zero-order chi connectivity index (χ0) is 26.3. The number of aryl methyl sites for hydroxylation is 3. The van der Waals surface area contributed by atoms with Gasteiger partial charge in [0.05, 0.1) is 39.8 Å². The quantitative estimate of drug-likeness (QED) is 0.355. The largest absolute Gasteiger partial charge is 0.391 e. The van der Waals surface area contributed by atoms with E-state index >= 15 is 0 Å². The smallest absolute Gasteiger partial charge is 0.274 e. The summed E-state index contributed by atoms with van der Waals surface area (Å²) < 4.78 is 3.69. The molecule has 1 aliphatic rings. The molecule has 1 atom stereocenters. The number of hydrogen-bond donors (Lipinski definition) is 3. The van der Waals surface area contributed by atoms with Gasteiger partial charge in [-0.2, -0.15) is 5.10 Å². The van der Waals surface area contributed by atoms with Crippen molar-refractivity contribution in [2.75, 3.05) is 23.3 Å². The van der Waals surface area contributed by atoms with Crippen molar-refractivity contribution < 1.29 is 15.0 Å². The van der Waals surface area contributed by atoms with Crippen molar-refractivity contribution in [1.29, 1.82) is 0 Å². The molecule has 0 bridgehead atoms. The number of anilines is 2. The number of nitrogens with one attached hydrogen (secondary N) is 1. The minimum absolute atomic E-state index is 0.284. The van der Waals surface area contributed by atoms with Gasteiger partial charge in [-0.05, 0) is 57.0 Å². The maximum Gasteiger partial charge on any atom is 0.274 e. The molecule has 37 heavy (non-hydrogen) atoms. The van der Waals surface area contributed by atoms with E-state index in [2.05, 4.69) is 20.3 Å². The summed E-state index contributed by atoms with van der Waals surface area (Å²) in [5.74, 6) is 0.528. The summed E-state index contributed by atoms with van der Waals surface area (Å²) in [6.07, 6.45) is 3.29. The monoisotopic (exact) mass is 503 g/mol. The first-order valence-electron chi connectivity index (χ1n) is 12.5. The average molecular weight is 504 g/mol. The fourth-order valence-electron chi connectivity index (χ4n) is 4.68. The Labute approximate surface area is 215 Å². The highest BCUT2D eigenvalue weighted by atomic mass is 16.3. The van der Waals surface area contributed by atoms with E-state index < -0.39 is 11.7 Å². The van der Waals surface area contributed by atoms with Crippen molar-refractivity contribution in [3.8, 4) is 11.4 Å². The van der Waals surface area contributed by atoms with Gasteiger partial charge in [0.1, 0.15) is 17.2 Å². The first-order valence-corrected chi connectivity index (χ1v) is 12.5. The molecule has 194 valence electrons. The first-order chi connectivity index (χ1) is 17.6. The molecule has 5 rings (SSSR count). The third-order valence-corrected chi connectivity index (χ3v) is 6.76. The van der Waals surface area contributed by atoms with Crippen molar-refractivity contribution in [2.24, 2.45) is 14.1 Å². The minimum atomic E-state index is -0.787. The molecule has 10 nitrogen and oxygen atoms in total. The number of nitrogens with zero attached hydrogens (tertiary/aromatic N) is 6. The highest BCUT2D eigenvalue weighted by Crippen LogP contribution is 2.34. The molecule has 1 aliphatic heterocycles. The molecule has 4 aromatic rings. The zero-order valence-electron chi connectivity index (χ0n) is 21.6. The number of pyridine rings is 1. The van der Waals surface area contributed by atoms with Crippen LogP contribution in [-0.2, 0) is 20.5 Å². The van der Waals surface area contributed by atoms with Gasteiger partial charge in [0, 0.05) is 39.8 Å². The van der Waals surface area contributed by atoms with Crippen LogP contribution < -0.4 is 10.2 Å². The van der Waals surface area contributed by atoms with Gasteiger partial charge in [-0.3, -0.25) is 9.48 Å². The van der Waals surface area contributed by atoms with Gasteiger partial charge in [0.2, 0.25) is 0 Å². The summed E-state index contributed by atoms with van der Waals surface area (Å²) in [4.78, 5) is 24.8. The van der Waals surface area contributed by atoms with Gasteiger partial charge in [-0.1, -0.05) is 6.07 Å². The molecule has 0 spiro atoms. The van der Waals surface area contributed by atoms with E-state index in [-0.39, 0.29) is 11.6 Å². The molecule has 0 saturated carbocycles. The number of aliphatic hydroxyl groups is 2. The molecular formula is C27H33N7O3. The molecule has 4 heterocycles. The molecule has 0 radical (unpaired) electrons. The number of carbonyl (C=O) groups excluding carboxylic acids is 1. The topological polar surface area (TPSA) is 121 Å². The lowest BCUT2D eigenvalue weighted by Crippen LogP contribution is -2.24. The Hall–Kier alpha value is -3.76. The van der Waals surface area contributed by atoms with Crippen molar-refractivity contribution in [1.82, 2.24) is 24.3 Å². The number of rotatable bonds is 7. The van der Waals surface area contributed by atoms with Crippen LogP contribution in [0.2, 0.25) is 0 Å². The molecule has 3 aromatic heterocycles. The fourth-order valence-corrected chi connectivity index (χ4v) is 4.68. The van der Waals surface area contributed by atoms with Crippen molar-refractivity contribution in [2.45, 2.75) is 44.8 Å². The number of imidazole rings is 1. The Morgan fingerprint density at radius 3 is 2.65 bits per heavy atom. The molecule has 1 unspecified atom stereocenters. The summed E-state index contributed by atoms with van der Waals surface area (Å²) in [6, 6.07) is 11.0. The van der Waals surface area contributed by atoms with Crippen LogP contribution in [0.1, 0.15) is 43.0 Å². The Kier molecular flexibility index (Phi) is 6.47. The van der Waals surface area contributed by atoms with E-state index in [1.54, 1.807) is 30.7 Å². The third-order valence-electron chi connectivity index (χ3n) is 6.76. The van der Waals surface area contributed by atoms with Crippen LogP contribution in [0, 0.1) is 0 Å². The SMILES string of the molecule is Cn1ccc(-c2cccc(C(=O)Nc3cc4c(cc3N3CCC(O)C3)nc(CCC(C)(C)O)n4C)n2)n1. The van der Waals surface area contributed by atoms with E-state index in [1.807, 2.05) is 49.1 Å². The molecule has 10 heteroatoms. The maximum absolute atomic E-state index is 13.4. The van der Waals surface area contributed by atoms with Gasteiger partial charge in [0.25, 0.3) is 5.91 Å². The summed E-state index contributed by atoms with van der Waals surface area (Å²) in [5.41, 5.74) is 3.93. The molecule has 3 N–H and O–H groups in total. The highest BCUT2D eigenvalue weighted by molar-refractivity contribution is 6.06. The molecule has 1 saturated heterocycles. The fraction of sp³-hybridized carbons (Fsp3) is 0.407. The Balaban J connectivity index is 1.49.